The lowest BCUT2D eigenvalue weighted by atomic mass is 10.2. The fourth-order valence-corrected chi connectivity index (χ4v) is 2.32. The molecular formula is C11H15N5O3. The first-order chi connectivity index (χ1) is 9.24. The second-order valence-electron chi connectivity index (χ2n) is 4.43. The molecular weight excluding hydrogens is 250 g/mol. The van der Waals surface area contributed by atoms with Crippen molar-refractivity contribution in [1.29, 1.82) is 0 Å². The highest BCUT2D eigenvalue weighted by molar-refractivity contribution is 5.82. The first-order valence-corrected chi connectivity index (χ1v) is 6.04. The average molecular weight is 265 g/mol. The standard InChI is InChI=1S/C11H15N5O3/c1-12-9-8-10(14-4-13-9)16(5-15-8)11-7(18)2-6(3-17)19-11/h4-7,11,17-18H,2-3H2,1H3,(H,12,13,14)/t6-,7-,11+/m0/s1. The van der Waals surface area contributed by atoms with Gasteiger partial charge in [-0.1, -0.05) is 0 Å². The summed E-state index contributed by atoms with van der Waals surface area (Å²) in [6.07, 6.45) is 1.75. The molecule has 0 aromatic carbocycles. The van der Waals surface area contributed by atoms with Gasteiger partial charge in [0.2, 0.25) is 0 Å². The summed E-state index contributed by atoms with van der Waals surface area (Å²) in [6, 6.07) is 0. The largest absolute Gasteiger partial charge is 0.394 e. The van der Waals surface area contributed by atoms with Crippen LogP contribution in [0.15, 0.2) is 12.7 Å². The van der Waals surface area contributed by atoms with E-state index in [1.807, 2.05) is 0 Å². The van der Waals surface area contributed by atoms with Gasteiger partial charge in [0.25, 0.3) is 0 Å². The van der Waals surface area contributed by atoms with Gasteiger partial charge >= 0.3 is 0 Å². The number of hydrogen-bond donors (Lipinski definition) is 3. The molecule has 0 bridgehead atoms. The molecule has 3 atom stereocenters. The number of aliphatic hydroxyl groups excluding tert-OH is 2. The third-order valence-electron chi connectivity index (χ3n) is 3.24. The molecule has 2 aromatic heterocycles. The average Bonchev–Trinajstić information content (AvgIpc) is 3.01. The van der Waals surface area contributed by atoms with Crippen molar-refractivity contribution in [3.63, 3.8) is 0 Å². The Labute approximate surface area is 109 Å². The van der Waals surface area contributed by atoms with Gasteiger partial charge < -0.3 is 20.3 Å². The molecule has 0 amide bonds. The molecule has 0 radical (unpaired) electrons. The molecule has 1 fully saturated rings. The van der Waals surface area contributed by atoms with Crippen LogP contribution in [0.5, 0.6) is 0 Å². The van der Waals surface area contributed by atoms with Gasteiger partial charge in [-0.2, -0.15) is 0 Å². The first-order valence-electron chi connectivity index (χ1n) is 6.04. The third kappa shape index (κ3) is 1.93. The fraction of sp³-hybridized carbons (Fsp3) is 0.545. The Bertz CT molecular complexity index is 587. The number of imidazole rings is 1. The van der Waals surface area contributed by atoms with E-state index >= 15 is 0 Å². The van der Waals surface area contributed by atoms with Gasteiger partial charge in [-0.3, -0.25) is 4.57 Å². The summed E-state index contributed by atoms with van der Waals surface area (Å²) in [5, 5.41) is 22.0. The molecule has 3 heterocycles. The minimum Gasteiger partial charge on any atom is -0.394 e. The van der Waals surface area contributed by atoms with E-state index in [1.165, 1.54) is 6.33 Å². The van der Waals surface area contributed by atoms with E-state index < -0.39 is 12.3 Å². The lowest BCUT2D eigenvalue weighted by molar-refractivity contribution is -0.0486. The second kappa shape index (κ2) is 4.72. The van der Waals surface area contributed by atoms with Gasteiger partial charge in [-0.05, 0) is 0 Å². The topological polar surface area (TPSA) is 105 Å². The Morgan fingerprint density at radius 2 is 2.32 bits per heavy atom. The zero-order valence-corrected chi connectivity index (χ0v) is 10.4. The van der Waals surface area contributed by atoms with Crippen molar-refractivity contribution in [2.75, 3.05) is 19.0 Å². The number of ether oxygens (including phenoxy) is 1. The van der Waals surface area contributed by atoms with Crippen LogP contribution in [0.2, 0.25) is 0 Å². The molecule has 19 heavy (non-hydrogen) atoms. The van der Waals surface area contributed by atoms with Crippen molar-refractivity contribution in [3.8, 4) is 0 Å². The molecule has 8 nitrogen and oxygen atoms in total. The maximum absolute atomic E-state index is 10.0. The minimum absolute atomic E-state index is 0.114. The highest BCUT2D eigenvalue weighted by Gasteiger charge is 2.35. The number of anilines is 1. The molecule has 8 heteroatoms. The molecule has 1 saturated heterocycles. The molecule has 3 N–H and O–H groups in total. The van der Waals surface area contributed by atoms with Gasteiger partial charge in [-0.15, -0.1) is 0 Å². The maximum atomic E-state index is 10.0. The molecule has 3 rings (SSSR count). The van der Waals surface area contributed by atoms with Crippen molar-refractivity contribution in [1.82, 2.24) is 19.5 Å². The van der Waals surface area contributed by atoms with E-state index in [1.54, 1.807) is 17.9 Å². The van der Waals surface area contributed by atoms with E-state index in [0.717, 1.165) is 0 Å². The summed E-state index contributed by atoms with van der Waals surface area (Å²) < 4.78 is 7.26. The molecule has 1 aliphatic heterocycles. The minimum atomic E-state index is -0.692. The predicted molar refractivity (Wildman–Crippen MR) is 66.5 cm³/mol. The number of nitrogens with one attached hydrogen (secondary N) is 1. The monoisotopic (exact) mass is 265 g/mol. The smallest absolute Gasteiger partial charge is 0.167 e. The van der Waals surface area contributed by atoms with Crippen molar-refractivity contribution in [2.24, 2.45) is 0 Å². The number of aromatic nitrogens is 4. The summed E-state index contributed by atoms with van der Waals surface area (Å²) in [4.78, 5) is 12.5. The van der Waals surface area contributed by atoms with Gasteiger partial charge in [0.05, 0.1) is 19.0 Å². The van der Waals surface area contributed by atoms with Crippen LogP contribution in [-0.4, -0.2) is 55.6 Å². The molecule has 0 aliphatic carbocycles. The Morgan fingerprint density at radius 1 is 1.47 bits per heavy atom. The zero-order valence-electron chi connectivity index (χ0n) is 10.4. The number of hydrogen-bond acceptors (Lipinski definition) is 7. The summed E-state index contributed by atoms with van der Waals surface area (Å²) in [5.41, 5.74) is 1.20. The van der Waals surface area contributed by atoms with Crippen LogP contribution < -0.4 is 5.32 Å². The fourth-order valence-electron chi connectivity index (χ4n) is 2.32. The van der Waals surface area contributed by atoms with Crippen molar-refractivity contribution < 1.29 is 14.9 Å². The SMILES string of the molecule is CNc1ncnc2c1ncn2[C@@H]1O[C@H](CO)C[C@@H]1O. The quantitative estimate of drug-likeness (QED) is 0.687. The van der Waals surface area contributed by atoms with Crippen molar-refractivity contribution in [3.05, 3.63) is 12.7 Å². The van der Waals surface area contributed by atoms with E-state index in [9.17, 15) is 5.11 Å². The van der Waals surface area contributed by atoms with E-state index in [0.29, 0.717) is 23.4 Å². The zero-order chi connectivity index (χ0) is 13.4. The van der Waals surface area contributed by atoms with Crippen LogP contribution in [0, 0.1) is 0 Å². The summed E-state index contributed by atoms with van der Waals surface area (Å²) in [5.74, 6) is 0.620. The molecule has 1 aliphatic rings. The predicted octanol–water partition coefficient (Wildman–Crippen LogP) is -0.491. The van der Waals surface area contributed by atoms with E-state index in [2.05, 4.69) is 20.3 Å². The molecule has 0 spiro atoms. The molecule has 2 aromatic rings. The summed E-state index contributed by atoms with van der Waals surface area (Å²) in [7, 11) is 1.75. The normalized spacial score (nSPS) is 27.0. The lowest BCUT2D eigenvalue weighted by Crippen LogP contribution is -2.19. The van der Waals surface area contributed by atoms with Gasteiger partial charge in [0, 0.05) is 13.5 Å². The highest BCUT2D eigenvalue weighted by Crippen LogP contribution is 2.31. The van der Waals surface area contributed by atoms with Crippen LogP contribution in [0.3, 0.4) is 0 Å². The maximum Gasteiger partial charge on any atom is 0.167 e. The van der Waals surface area contributed by atoms with E-state index in [4.69, 9.17) is 9.84 Å². The van der Waals surface area contributed by atoms with Crippen LogP contribution >= 0.6 is 0 Å². The van der Waals surface area contributed by atoms with E-state index in [-0.39, 0.29) is 12.7 Å². The van der Waals surface area contributed by atoms with Crippen LogP contribution in [0.25, 0.3) is 11.2 Å². The molecule has 102 valence electrons. The third-order valence-corrected chi connectivity index (χ3v) is 3.24. The Hall–Kier alpha value is -1.77. The number of rotatable bonds is 3. The van der Waals surface area contributed by atoms with Crippen molar-refractivity contribution >= 4 is 17.0 Å². The van der Waals surface area contributed by atoms with Crippen LogP contribution in [-0.2, 0) is 4.74 Å². The first kappa shape index (κ1) is 12.3. The summed E-state index contributed by atoms with van der Waals surface area (Å²) >= 11 is 0. The second-order valence-corrected chi connectivity index (χ2v) is 4.43. The van der Waals surface area contributed by atoms with Crippen LogP contribution in [0.1, 0.15) is 12.6 Å². The molecule has 0 saturated carbocycles. The number of nitrogens with zero attached hydrogens (tertiary/aromatic N) is 4. The Morgan fingerprint density at radius 3 is 3.00 bits per heavy atom. The lowest BCUT2D eigenvalue weighted by Gasteiger charge is -2.16. The van der Waals surface area contributed by atoms with Gasteiger partial charge in [0.15, 0.2) is 17.7 Å². The van der Waals surface area contributed by atoms with Crippen LogP contribution in [0.4, 0.5) is 5.82 Å². The Kier molecular flexibility index (Phi) is 3.05. The molecule has 0 unspecified atom stereocenters. The van der Waals surface area contributed by atoms with Gasteiger partial charge in [-0.25, -0.2) is 15.0 Å². The number of aliphatic hydroxyl groups is 2. The van der Waals surface area contributed by atoms with Gasteiger partial charge in [0.1, 0.15) is 17.9 Å². The summed E-state index contributed by atoms with van der Waals surface area (Å²) in [6.45, 7) is -0.114. The van der Waals surface area contributed by atoms with Crippen molar-refractivity contribution in [2.45, 2.75) is 24.9 Å². The number of fused-ring (bicyclic) bond motifs is 1. The highest BCUT2D eigenvalue weighted by atomic mass is 16.5. The Balaban J connectivity index is 2.02.